The SMILES string of the molecule is C=C[C@@H](c1cc(C)c(OC)c(OC)c1)[C@@H](C)C=O. The number of aldehydes is 1. The van der Waals surface area contributed by atoms with Gasteiger partial charge >= 0.3 is 0 Å². The van der Waals surface area contributed by atoms with E-state index in [0.717, 1.165) is 23.2 Å². The van der Waals surface area contributed by atoms with E-state index < -0.39 is 0 Å². The number of carbonyl (C=O) groups excluding carboxylic acids is 1. The molecule has 1 aromatic carbocycles. The summed E-state index contributed by atoms with van der Waals surface area (Å²) in [5, 5.41) is 0. The van der Waals surface area contributed by atoms with Crippen LogP contribution in [0, 0.1) is 12.8 Å². The van der Waals surface area contributed by atoms with Crippen molar-refractivity contribution in [2.24, 2.45) is 5.92 Å². The molecule has 0 aromatic heterocycles. The second-order valence-electron chi connectivity index (χ2n) is 4.33. The van der Waals surface area contributed by atoms with Gasteiger partial charge in [0.25, 0.3) is 0 Å². The van der Waals surface area contributed by atoms with Crippen molar-refractivity contribution in [1.82, 2.24) is 0 Å². The predicted octanol–water partition coefficient (Wildman–Crippen LogP) is 3.12. The van der Waals surface area contributed by atoms with E-state index in [1.807, 2.05) is 26.0 Å². The van der Waals surface area contributed by atoms with Crippen molar-refractivity contribution in [1.29, 1.82) is 0 Å². The molecular formula is C15H20O3. The molecule has 0 spiro atoms. The van der Waals surface area contributed by atoms with Gasteiger partial charge in [0.05, 0.1) is 14.2 Å². The standard InChI is InChI=1S/C15H20O3/c1-6-13(11(3)9-16)12-7-10(2)15(18-5)14(8-12)17-4/h6-9,11,13H,1H2,2-5H3/t11-,13+/m0/s1. The number of methoxy groups -OCH3 is 2. The highest BCUT2D eigenvalue weighted by molar-refractivity contribution is 5.58. The fraction of sp³-hybridized carbons (Fsp3) is 0.400. The number of benzene rings is 1. The van der Waals surface area contributed by atoms with Crippen molar-refractivity contribution < 1.29 is 14.3 Å². The lowest BCUT2D eigenvalue weighted by Crippen LogP contribution is -2.09. The zero-order valence-electron chi connectivity index (χ0n) is 11.4. The van der Waals surface area contributed by atoms with E-state index in [-0.39, 0.29) is 11.8 Å². The van der Waals surface area contributed by atoms with Crippen LogP contribution in [0.2, 0.25) is 0 Å². The molecule has 0 heterocycles. The lowest BCUT2D eigenvalue weighted by Gasteiger charge is -2.19. The minimum absolute atomic E-state index is 0.0130. The van der Waals surface area contributed by atoms with E-state index in [2.05, 4.69) is 6.58 Å². The molecule has 0 unspecified atom stereocenters. The Kier molecular flexibility index (Phi) is 4.95. The van der Waals surface area contributed by atoms with E-state index in [0.29, 0.717) is 5.75 Å². The number of hydrogen-bond acceptors (Lipinski definition) is 3. The second kappa shape index (κ2) is 6.24. The Hall–Kier alpha value is -1.77. The number of ether oxygens (including phenoxy) is 2. The second-order valence-corrected chi connectivity index (χ2v) is 4.33. The minimum Gasteiger partial charge on any atom is -0.493 e. The molecule has 1 aromatic rings. The van der Waals surface area contributed by atoms with E-state index in [4.69, 9.17) is 9.47 Å². The van der Waals surface area contributed by atoms with Crippen LogP contribution in [0.5, 0.6) is 11.5 Å². The summed E-state index contributed by atoms with van der Waals surface area (Å²) in [6.45, 7) is 7.64. The first kappa shape index (κ1) is 14.3. The molecule has 98 valence electrons. The van der Waals surface area contributed by atoms with Gasteiger partial charge in [-0.2, -0.15) is 0 Å². The molecule has 3 heteroatoms. The van der Waals surface area contributed by atoms with Crippen LogP contribution in [0.15, 0.2) is 24.8 Å². The number of rotatable bonds is 6. The largest absolute Gasteiger partial charge is 0.493 e. The Labute approximate surface area is 108 Å². The van der Waals surface area contributed by atoms with E-state index in [1.165, 1.54) is 0 Å². The summed E-state index contributed by atoms with van der Waals surface area (Å²) >= 11 is 0. The number of hydrogen-bond donors (Lipinski definition) is 0. The summed E-state index contributed by atoms with van der Waals surface area (Å²) in [6, 6.07) is 3.91. The molecule has 0 N–H and O–H groups in total. The molecule has 1 rings (SSSR count). The molecule has 18 heavy (non-hydrogen) atoms. The van der Waals surface area contributed by atoms with Crippen LogP contribution in [0.1, 0.15) is 24.0 Å². The van der Waals surface area contributed by atoms with Crippen molar-refractivity contribution in [2.75, 3.05) is 14.2 Å². The molecule has 0 fully saturated rings. The average molecular weight is 248 g/mol. The van der Waals surface area contributed by atoms with Gasteiger partial charge in [-0.3, -0.25) is 0 Å². The smallest absolute Gasteiger partial charge is 0.163 e. The van der Waals surface area contributed by atoms with Gasteiger partial charge in [0.2, 0.25) is 0 Å². The van der Waals surface area contributed by atoms with Gasteiger partial charge in [-0.25, -0.2) is 0 Å². The van der Waals surface area contributed by atoms with Crippen molar-refractivity contribution in [3.05, 3.63) is 35.9 Å². The molecule has 2 atom stereocenters. The minimum atomic E-state index is -0.111. The van der Waals surface area contributed by atoms with Crippen LogP contribution in [0.4, 0.5) is 0 Å². The highest BCUT2D eigenvalue weighted by Gasteiger charge is 2.19. The Morgan fingerprint density at radius 2 is 1.94 bits per heavy atom. The summed E-state index contributed by atoms with van der Waals surface area (Å²) in [5.74, 6) is 1.28. The van der Waals surface area contributed by atoms with Crippen molar-refractivity contribution in [2.45, 2.75) is 19.8 Å². The molecule has 0 aliphatic carbocycles. The van der Waals surface area contributed by atoms with Gasteiger partial charge in [-0.15, -0.1) is 6.58 Å². The highest BCUT2D eigenvalue weighted by atomic mass is 16.5. The summed E-state index contributed by atoms with van der Waals surface area (Å²) in [5.41, 5.74) is 2.00. The number of allylic oxidation sites excluding steroid dienone is 1. The van der Waals surface area contributed by atoms with Crippen LogP contribution in [0.3, 0.4) is 0 Å². The third-order valence-electron chi connectivity index (χ3n) is 3.11. The highest BCUT2D eigenvalue weighted by Crippen LogP contribution is 2.36. The molecule has 0 saturated carbocycles. The molecule has 0 amide bonds. The molecule has 3 nitrogen and oxygen atoms in total. The zero-order chi connectivity index (χ0) is 13.7. The molecular weight excluding hydrogens is 228 g/mol. The topological polar surface area (TPSA) is 35.5 Å². The monoisotopic (exact) mass is 248 g/mol. The van der Waals surface area contributed by atoms with Crippen LogP contribution < -0.4 is 9.47 Å². The first-order valence-electron chi connectivity index (χ1n) is 5.89. The van der Waals surface area contributed by atoms with E-state index in [9.17, 15) is 4.79 Å². The van der Waals surface area contributed by atoms with Gasteiger partial charge in [0.15, 0.2) is 11.5 Å². The third-order valence-corrected chi connectivity index (χ3v) is 3.11. The average Bonchev–Trinajstić information content (AvgIpc) is 2.38. The Balaban J connectivity index is 3.29. The van der Waals surface area contributed by atoms with Crippen LogP contribution in [0.25, 0.3) is 0 Å². The van der Waals surface area contributed by atoms with E-state index >= 15 is 0 Å². The fourth-order valence-electron chi connectivity index (χ4n) is 2.11. The van der Waals surface area contributed by atoms with E-state index in [1.54, 1.807) is 20.3 Å². The Morgan fingerprint density at radius 3 is 2.39 bits per heavy atom. The first-order chi connectivity index (χ1) is 8.58. The molecule has 0 saturated heterocycles. The zero-order valence-corrected chi connectivity index (χ0v) is 11.4. The molecule has 0 radical (unpaired) electrons. The van der Waals surface area contributed by atoms with Crippen LogP contribution >= 0.6 is 0 Å². The molecule has 0 bridgehead atoms. The van der Waals surface area contributed by atoms with Gasteiger partial charge < -0.3 is 14.3 Å². The van der Waals surface area contributed by atoms with Crippen LogP contribution in [-0.2, 0) is 4.79 Å². The van der Waals surface area contributed by atoms with Gasteiger partial charge in [0, 0.05) is 11.8 Å². The summed E-state index contributed by atoms with van der Waals surface area (Å²) in [4.78, 5) is 10.9. The molecule has 0 aliphatic rings. The maximum atomic E-state index is 10.9. The molecule has 0 aliphatic heterocycles. The summed E-state index contributed by atoms with van der Waals surface area (Å²) in [6.07, 6.45) is 2.73. The quantitative estimate of drug-likeness (QED) is 0.573. The first-order valence-corrected chi connectivity index (χ1v) is 5.89. The van der Waals surface area contributed by atoms with Crippen molar-refractivity contribution in [3.63, 3.8) is 0 Å². The fourth-order valence-corrected chi connectivity index (χ4v) is 2.11. The van der Waals surface area contributed by atoms with Gasteiger partial charge in [-0.05, 0) is 24.1 Å². The third kappa shape index (κ3) is 2.73. The normalized spacial score (nSPS) is 13.6. The predicted molar refractivity (Wildman–Crippen MR) is 72.4 cm³/mol. The van der Waals surface area contributed by atoms with Gasteiger partial charge in [0.1, 0.15) is 6.29 Å². The van der Waals surface area contributed by atoms with Crippen LogP contribution in [-0.4, -0.2) is 20.5 Å². The maximum absolute atomic E-state index is 10.9. The lowest BCUT2D eigenvalue weighted by atomic mass is 9.87. The number of aryl methyl sites for hydroxylation is 1. The number of carbonyl (C=O) groups is 1. The summed E-state index contributed by atoms with van der Waals surface area (Å²) in [7, 11) is 3.22. The maximum Gasteiger partial charge on any atom is 0.163 e. The lowest BCUT2D eigenvalue weighted by molar-refractivity contribution is -0.110. The summed E-state index contributed by atoms with van der Waals surface area (Å²) < 4.78 is 10.6. The Morgan fingerprint density at radius 1 is 1.28 bits per heavy atom. The van der Waals surface area contributed by atoms with Crippen molar-refractivity contribution >= 4 is 6.29 Å². The Bertz CT molecular complexity index is 438. The van der Waals surface area contributed by atoms with Crippen molar-refractivity contribution in [3.8, 4) is 11.5 Å². The van der Waals surface area contributed by atoms with Gasteiger partial charge in [-0.1, -0.05) is 19.1 Å².